The predicted molar refractivity (Wildman–Crippen MR) is 49.9 cm³/mol. The molecule has 0 aliphatic rings. The Kier molecular flexibility index (Phi) is 11.2. The van der Waals surface area contributed by atoms with Gasteiger partial charge in [0.05, 0.1) is 13.2 Å². The third-order valence-corrected chi connectivity index (χ3v) is 1.51. The van der Waals surface area contributed by atoms with Gasteiger partial charge in [0.15, 0.2) is 0 Å². The average molecular weight is 226 g/mol. The van der Waals surface area contributed by atoms with E-state index in [0.717, 1.165) is 6.29 Å². The van der Waals surface area contributed by atoms with Crippen molar-refractivity contribution >= 4 is 6.29 Å². The van der Waals surface area contributed by atoms with E-state index in [2.05, 4.69) is 0 Å². The molecule has 4 atom stereocenters. The molecule has 6 N–H and O–H groups in total. The zero-order valence-corrected chi connectivity index (χ0v) is 8.39. The van der Waals surface area contributed by atoms with Crippen molar-refractivity contribution in [2.24, 2.45) is 0 Å². The minimum atomic E-state index is -1.67. The fourth-order valence-corrected chi connectivity index (χ4v) is 0.671. The van der Waals surface area contributed by atoms with Gasteiger partial charge in [-0.25, -0.2) is 0 Å². The highest BCUT2D eigenvalue weighted by Gasteiger charge is 2.29. The van der Waals surface area contributed by atoms with Crippen molar-refractivity contribution in [2.45, 2.75) is 31.3 Å². The number of carbonyl (C=O) groups is 1. The Morgan fingerprint density at radius 1 is 0.933 bits per heavy atom. The molecule has 0 saturated heterocycles. The summed E-state index contributed by atoms with van der Waals surface area (Å²) in [7, 11) is 0. The third-order valence-electron chi connectivity index (χ3n) is 1.51. The molecule has 0 aromatic heterocycles. The first-order chi connectivity index (χ1) is 6.95. The molecular formula is C8H18O7. The molecule has 0 radical (unpaired) electrons. The quantitative estimate of drug-likeness (QED) is 0.269. The minimum absolute atomic E-state index is 0.726. The normalized spacial score (nSPS) is 18.1. The Morgan fingerprint density at radius 2 is 1.13 bits per heavy atom. The first-order valence-corrected chi connectivity index (χ1v) is 4.29. The Morgan fingerprint density at radius 3 is 1.27 bits per heavy atom. The first kappa shape index (κ1) is 16.8. The SMILES string of the molecule is CC=O.OC[C@@H](O)[C@@H](O)[C@H](O)[C@@H](O)CO. The Balaban J connectivity index is 0. The van der Waals surface area contributed by atoms with Gasteiger partial charge in [-0.2, -0.15) is 0 Å². The molecule has 7 heteroatoms. The highest BCUT2D eigenvalue weighted by molar-refractivity contribution is 5.44. The summed E-state index contributed by atoms with van der Waals surface area (Å²) >= 11 is 0. The summed E-state index contributed by atoms with van der Waals surface area (Å²) < 4.78 is 0. The lowest BCUT2D eigenvalue weighted by atomic mass is 10.0. The van der Waals surface area contributed by atoms with Gasteiger partial charge in [-0.3, -0.25) is 0 Å². The summed E-state index contributed by atoms with van der Waals surface area (Å²) in [6, 6.07) is 0. The number of aldehydes is 1. The number of hydrogen-bond donors (Lipinski definition) is 6. The fourth-order valence-electron chi connectivity index (χ4n) is 0.671. The van der Waals surface area contributed by atoms with Crippen LogP contribution in [-0.4, -0.2) is 74.6 Å². The van der Waals surface area contributed by atoms with E-state index in [0.29, 0.717) is 0 Å². The van der Waals surface area contributed by atoms with Crippen molar-refractivity contribution in [3.05, 3.63) is 0 Å². The lowest BCUT2D eigenvalue weighted by Crippen LogP contribution is -2.46. The van der Waals surface area contributed by atoms with E-state index in [4.69, 9.17) is 35.4 Å². The monoisotopic (exact) mass is 226 g/mol. The van der Waals surface area contributed by atoms with Crippen molar-refractivity contribution in [3.63, 3.8) is 0 Å². The van der Waals surface area contributed by atoms with Crippen LogP contribution in [0.3, 0.4) is 0 Å². The number of aliphatic hydroxyl groups is 6. The van der Waals surface area contributed by atoms with E-state index in [1.807, 2.05) is 0 Å². The van der Waals surface area contributed by atoms with Crippen molar-refractivity contribution < 1.29 is 35.4 Å². The molecule has 0 aliphatic carbocycles. The molecule has 0 saturated carbocycles. The van der Waals surface area contributed by atoms with Crippen LogP contribution in [0.5, 0.6) is 0 Å². The second-order valence-electron chi connectivity index (χ2n) is 2.72. The van der Waals surface area contributed by atoms with Gasteiger partial charge in [-0.05, 0) is 6.92 Å². The lowest BCUT2D eigenvalue weighted by Gasteiger charge is -2.24. The summed E-state index contributed by atoms with van der Waals surface area (Å²) in [5, 5.41) is 52.2. The van der Waals surface area contributed by atoms with Crippen LogP contribution in [0.4, 0.5) is 0 Å². The lowest BCUT2D eigenvalue weighted by molar-refractivity contribution is -0.123. The van der Waals surface area contributed by atoms with Gasteiger partial charge in [0.1, 0.15) is 30.7 Å². The average Bonchev–Trinajstić information content (AvgIpc) is 2.25. The van der Waals surface area contributed by atoms with E-state index in [1.165, 1.54) is 6.92 Å². The van der Waals surface area contributed by atoms with E-state index < -0.39 is 37.6 Å². The minimum Gasteiger partial charge on any atom is -0.394 e. The zero-order valence-electron chi connectivity index (χ0n) is 8.39. The molecule has 0 aliphatic heterocycles. The van der Waals surface area contributed by atoms with Crippen molar-refractivity contribution in [1.29, 1.82) is 0 Å². The highest BCUT2D eigenvalue weighted by atomic mass is 16.4. The summed E-state index contributed by atoms with van der Waals surface area (Å²) in [5.74, 6) is 0. The maximum absolute atomic E-state index is 8.96. The van der Waals surface area contributed by atoms with Crippen LogP contribution in [0.25, 0.3) is 0 Å². The molecule has 0 spiro atoms. The second-order valence-corrected chi connectivity index (χ2v) is 2.72. The van der Waals surface area contributed by atoms with Crippen LogP contribution in [0, 0.1) is 0 Å². The number of rotatable bonds is 5. The summed E-state index contributed by atoms with van der Waals surface area (Å²) in [5.41, 5.74) is 0. The fraction of sp³-hybridized carbons (Fsp3) is 0.875. The summed E-state index contributed by atoms with van der Waals surface area (Å²) in [6.45, 7) is -0.00719. The van der Waals surface area contributed by atoms with E-state index >= 15 is 0 Å². The summed E-state index contributed by atoms with van der Waals surface area (Å²) in [4.78, 5) is 8.81. The van der Waals surface area contributed by atoms with Crippen LogP contribution in [0.15, 0.2) is 0 Å². The number of hydrogen-bond acceptors (Lipinski definition) is 7. The molecule has 0 amide bonds. The highest BCUT2D eigenvalue weighted by Crippen LogP contribution is 2.03. The van der Waals surface area contributed by atoms with Crippen molar-refractivity contribution in [1.82, 2.24) is 0 Å². The van der Waals surface area contributed by atoms with E-state index in [1.54, 1.807) is 0 Å². The number of carbonyl (C=O) groups excluding carboxylic acids is 1. The third kappa shape index (κ3) is 7.37. The maximum atomic E-state index is 8.96. The van der Waals surface area contributed by atoms with E-state index in [-0.39, 0.29) is 0 Å². The van der Waals surface area contributed by atoms with Crippen molar-refractivity contribution in [2.75, 3.05) is 13.2 Å². The smallest absolute Gasteiger partial charge is 0.116 e. The Labute approximate surface area is 87.2 Å². The second kappa shape index (κ2) is 9.97. The van der Waals surface area contributed by atoms with Gasteiger partial charge in [-0.1, -0.05) is 0 Å². The molecule has 0 fully saturated rings. The molecule has 0 aromatic rings. The van der Waals surface area contributed by atoms with Crippen LogP contribution in [-0.2, 0) is 4.79 Å². The predicted octanol–water partition coefficient (Wildman–Crippen LogP) is -3.38. The molecule has 0 bridgehead atoms. The van der Waals surface area contributed by atoms with E-state index in [9.17, 15) is 0 Å². The first-order valence-electron chi connectivity index (χ1n) is 4.29. The van der Waals surface area contributed by atoms with Gasteiger partial charge in [0, 0.05) is 0 Å². The Hall–Kier alpha value is -0.570. The number of aliphatic hydroxyl groups excluding tert-OH is 6. The standard InChI is InChI=1S/C6H14O6.C2H4O/c7-1-3(9)5(11)6(12)4(10)2-8;1-2-3/h3-12H,1-2H2;2H,1H3/t3-,4+,5-,6-;/m1./s1. The largest absolute Gasteiger partial charge is 0.394 e. The van der Waals surface area contributed by atoms with Gasteiger partial charge in [0.25, 0.3) is 0 Å². The molecule has 0 unspecified atom stereocenters. The molecule has 7 nitrogen and oxygen atoms in total. The van der Waals surface area contributed by atoms with Gasteiger partial charge in [-0.15, -0.1) is 0 Å². The molecule has 15 heavy (non-hydrogen) atoms. The zero-order chi connectivity index (χ0) is 12.4. The van der Waals surface area contributed by atoms with Crippen molar-refractivity contribution in [3.8, 4) is 0 Å². The van der Waals surface area contributed by atoms with Crippen LogP contribution in [0.2, 0.25) is 0 Å². The molecule has 0 rings (SSSR count). The molecule has 92 valence electrons. The van der Waals surface area contributed by atoms with Crippen LogP contribution >= 0.6 is 0 Å². The maximum Gasteiger partial charge on any atom is 0.116 e. The van der Waals surface area contributed by atoms with Crippen LogP contribution in [0.1, 0.15) is 6.92 Å². The van der Waals surface area contributed by atoms with Gasteiger partial charge >= 0.3 is 0 Å². The molecule has 0 heterocycles. The van der Waals surface area contributed by atoms with Gasteiger partial charge in [0.2, 0.25) is 0 Å². The van der Waals surface area contributed by atoms with Crippen LogP contribution < -0.4 is 0 Å². The summed E-state index contributed by atoms with van der Waals surface area (Å²) in [6.07, 6.45) is -5.64. The molecular weight excluding hydrogens is 208 g/mol. The topological polar surface area (TPSA) is 138 Å². The van der Waals surface area contributed by atoms with Gasteiger partial charge < -0.3 is 35.4 Å². The Bertz CT molecular complexity index is 138. The molecule has 0 aromatic carbocycles.